The quantitative estimate of drug-likeness (QED) is 0.578. The van der Waals surface area contributed by atoms with Crippen LogP contribution in [0.2, 0.25) is 0 Å². The summed E-state index contributed by atoms with van der Waals surface area (Å²) in [5, 5.41) is 0. The van der Waals surface area contributed by atoms with Gasteiger partial charge in [-0.05, 0) is 26.3 Å². The second-order valence-corrected chi connectivity index (χ2v) is 2.83. The molecule has 0 heterocycles. The molecule has 12 heavy (non-hydrogen) atoms. The van der Waals surface area contributed by atoms with Crippen molar-refractivity contribution in [3.05, 3.63) is 36.2 Å². The Morgan fingerprint density at radius 3 is 2.42 bits per heavy atom. The van der Waals surface area contributed by atoms with E-state index in [1.54, 1.807) is 0 Å². The van der Waals surface area contributed by atoms with Crippen LogP contribution in [0.3, 0.4) is 0 Å². The number of rotatable bonds is 4. The molecule has 1 heteroatoms. The van der Waals surface area contributed by atoms with E-state index in [1.165, 1.54) is 5.70 Å². The summed E-state index contributed by atoms with van der Waals surface area (Å²) in [7, 11) is 2.04. The van der Waals surface area contributed by atoms with Gasteiger partial charge in [-0.3, -0.25) is 0 Å². The van der Waals surface area contributed by atoms with Crippen LogP contribution in [-0.4, -0.2) is 11.9 Å². The summed E-state index contributed by atoms with van der Waals surface area (Å²) in [5.74, 6) is 0. The van der Waals surface area contributed by atoms with Crippen LogP contribution >= 0.6 is 0 Å². The van der Waals surface area contributed by atoms with Crippen molar-refractivity contribution in [2.45, 2.75) is 27.2 Å². The van der Waals surface area contributed by atoms with Crippen molar-refractivity contribution in [1.29, 1.82) is 0 Å². The fourth-order valence-corrected chi connectivity index (χ4v) is 0.919. The first kappa shape index (κ1) is 11.0. The molecule has 0 spiro atoms. The van der Waals surface area contributed by atoms with Gasteiger partial charge in [-0.25, -0.2) is 0 Å². The van der Waals surface area contributed by atoms with Gasteiger partial charge >= 0.3 is 0 Å². The second-order valence-electron chi connectivity index (χ2n) is 2.83. The van der Waals surface area contributed by atoms with E-state index in [1.807, 2.05) is 27.0 Å². The molecule has 0 unspecified atom stereocenters. The van der Waals surface area contributed by atoms with Crippen LogP contribution in [0.5, 0.6) is 0 Å². The summed E-state index contributed by atoms with van der Waals surface area (Å²) < 4.78 is 0. The highest BCUT2D eigenvalue weighted by Gasteiger charge is 1.99. The minimum atomic E-state index is 1.04. The SMILES string of the molecule is C=C(C)N(C)/C(=C/C=C\C)CC. The van der Waals surface area contributed by atoms with E-state index in [0.717, 1.165) is 12.1 Å². The molecule has 0 rings (SSSR count). The van der Waals surface area contributed by atoms with E-state index in [-0.39, 0.29) is 0 Å². The van der Waals surface area contributed by atoms with E-state index in [2.05, 4.69) is 30.6 Å². The number of nitrogens with zero attached hydrogens (tertiary/aromatic N) is 1. The Bertz CT molecular complexity index is 199. The van der Waals surface area contributed by atoms with Gasteiger partial charge < -0.3 is 4.90 Å². The summed E-state index contributed by atoms with van der Waals surface area (Å²) in [6, 6.07) is 0. The summed E-state index contributed by atoms with van der Waals surface area (Å²) in [6.07, 6.45) is 7.24. The van der Waals surface area contributed by atoms with Crippen LogP contribution in [0, 0.1) is 0 Å². The van der Waals surface area contributed by atoms with Crippen LogP contribution in [0.25, 0.3) is 0 Å². The van der Waals surface area contributed by atoms with Gasteiger partial charge in [-0.1, -0.05) is 25.7 Å². The third-order valence-corrected chi connectivity index (χ3v) is 1.85. The first-order valence-corrected chi connectivity index (χ1v) is 4.34. The predicted octanol–water partition coefficient (Wildman–Crippen LogP) is 3.32. The molecule has 0 amide bonds. The topological polar surface area (TPSA) is 3.24 Å². The maximum Gasteiger partial charge on any atom is 0.0170 e. The van der Waals surface area contributed by atoms with Crippen LogP contribution in [-0.2, 0) is 0 Å². The van der Waals surface area contributed by atoms with Crippen molar-refractivity contribution in [1.82, 2.24) is 4.90 Å². The van der Waals surface area contributed by atoms with E-state index < -0.39 is 0 Å². The first-order valence-electron chi connectivity index (χ1n) is 4.34. The van der Waals surface area contributed by atoms with Gasteiger partial charge in [0.1, 0.15) is 0 Å². The molecular formula is C11H19N. The fourth-order valence-electron chi connectivity index (χ4n) is 0.919. The van der Waals surface area contributed by atoms with Gasteiger partial charge in [0.25, 0.3) is 0 Å². The summed E-state index contributed by atoms with van der Waals surface area (Å²) in [4.78, 5) is 2.11. The molecule has 0 saturated heterocycles. The van der Waals surface area contributed by atoms with Gasteiger partial charge in [-0.15, -0.1) is 0 Å². The van der Waals surface area contributed by atoms with Crippen LogP contribution in [0.1, 0.15) is 27.2 Å². The third-order valence-electron chi connectivity index (χ3n) is 1.85. The van der Waals surface area contributed by atoms with Gasteiger partial charge in [0, 0.05) is 18.4 Å². The lowest BCUT2D eigenvalue weighted by atomic mass is 10.2. The standard InChI is InChI=1S/C11H19N/c1-6-8-9-11(7-2)12(5)10(3)4/h6,8-9H,3,7H2,1-2,4-5H3/b8-6-,11-9+. The van der Waals surface area contributed by atoms with Crippen molar-refractivity contribution >= 4 is 0 Å². The highest BCUT2D eigenvalue weighted by molar-refractivity contribution is 5.14. The molecule has 0 N–H and O–H groups in total. The van der Waals surface area contributed by atoms with Crippen LogP contribution in [0.15, 0.2) is 36.2 Å². The molecule has 0 aliphatic carbocycles. The molecule has 0 atom stereocenters. The number of hydrogen-bond donors (Lipinski definition) is 0. The fraction of sp³-hybridized carbons (Fsp3) is 0.455. The van der Waals surface area contributed by atoms with E-state index in [4.69, 9.17) is 0 Å². The van der Waals surface area contributed by atoms with Crippen molar-refractivity contribution in [3.8, 4) is 0 Å². The molecule has 0 saturated carbocycles. The average Bonchev–Trinajstić information content (AvgIpc) is 2.05. The zero-order valence-electron chi connectivity index (χ0n) is 8.59. The zero-order valence-corrected chi connectivity index (χ0v) is 8.59. The van der Waals surface area contributed by atoms with Gasteiger partial charge in [0.05, 0.1) is 0 Å². The minimum absolute atomic E-state index is 1.04. The van der Waals surface area contributed by atoms with E-state index >= 15 is 0 Å². The van der Waals surface area contributed by atoms with Crippen molar-refractivity contribution in [3.63, 3.8) is 0 Å². The van der Waals surface area contributed by atoms with Crippen molar-refractivity contribution in [2.75, 3.05) is 7.05 Å². The second kappa shape index (κ2) is 5.64. The van der Waals surface area contributed by atoms with Gasteiger partial charge in [0.2, 0.25) is 0 Å². The lowest BCUT2D eigenvalue weighted by molar-refractivity contribution is 0.504. The minimum Gasteiger partial charge on any atom is -0.353 e. The number of hydrogen-bond acceptors (Lipinski definition) is 1. The summed E-state index contributed by atoms with van der Waals surface area (Å²) in [5.41, 5.74) is 2.37. The molecule has 0 aromatic heterocycles. The van der Waals surface area contributed by atoms with Crippen molar-refractivity contribution in [2.24, 2.45) is 0 Å². The molecule has 0 fully saturated rings. The average molecular weight is 165 g/mol. The molecule has 0 aromatic carbocycles. The van der Waals surface area contributed by atoms with E-state index in [9.17, 15) is 0 Å². The predicted molar refractivity (Wildman–Crippen MR) is 55.8 cm³/mol. The molecule has 0 aliphatic rings. The Morgan fingerprint density at radius 1 is 1.50 bits per heavy atom. The third kappa shape index (κ3) is 3.42. The van der Waals surface area contributed by atoms with E-state index in [0.29, 0.717) is 0 Å². The Kier molecular flexibility index (Phi) is 5.18. The summed E-state index contributed by atoms with van der Waals surface area (Å²) >= 11 is 0. The lowest BCUT2D eigenvalue weighted by Gasteiger charge is -2.21. The van der Waals surface area contributed by atoms with Gasteiger partial charge in [-0.2, -0.15) is 0 Å². The maximum absolute atomic E-state index is 3.89. The molecule has 0 aromatic rings. The molecule has 1 nitrogen and oxygen atoms in total. The molecular weight excluding hydrogens is 146 g/mol. The highest BCUT2D eigenvalue weighted by atomic mass is 15.1. The molecule has 0 bridgehead atoms. The number of allylic oxidation sites excluding steroid dienone is 5. The zero-order chi connectivity index (χ0) is 9.56. The normalized spacial score (nSPS) is 12.2. The monoisotopic (exact) mass is 165 g/mol. The van der Waals surface area contributed by atoms with Crippen molar-refractivity contribution < 1.29 is 0 Å². The first-order chi connectivity index (χ1) is 5.63. The highest BCUT2D eigenvalue weighted by Crippen LogP contribution is 2.11. The lowest BCUT2D eigenvalue weighted by Crippen LogP contribution is -2.13. The largest absolute Gasteiger partial charge is 0.353 e. The maximum atomic E-state index is 3.89. The Morgan fingerprint density at radius 2 is 2.08 bits per heavy atom. The Labute approximate surface area is 76.1 Å². The summed E-state index contributed by atoms with van der Waals surface area (Å²) in [6.45, 7) is 10.1. The molecule has 0 radical (unpaired) electrons. The van der Waals surface area contributed by atoms with Gasteiger partial charge in [0.15, 0.2) is 0 Å². The van der Waals surface area contributed by atoms with Crippen LogP contribution in [0.4, 0.5) is 0 Å². The smallest absolute Gasteiger partial charge is 0.0170 e. The Balaban J connectivity index is 4.43. The Hall–Kier alpha value is -0.980. The molecule has 0 aliphatic heterocycles. The molecule has 68 valence electrons. The van der Waals surface area contributed by atoms with Crippen LogP contribution < -0.4 is 0 Å².